The summed E-state index contributed by atoms with van der Waals surface area (Å²) in [6.45, 7) is 6.61. The highest BCUT2D eigenvalue weighted by molar-refractivity contribution is 5.79. The Balaban J connectivity index is 2.62. The van der Waals surface area contributed by atoms with Gasteiger partial charge in [-0.15, -0.1) is 0 Å². The predicted molar refractivity (Wildman–Crippen MR) is 49.8 cm³/mol. The Labute approximate surface area is 74.5 Å². The average molecular weight is 169 g/mol. The van der Waals surface area contributed by atoms with Crippen molar-refractivity contribution in [1.82, 2.24) is 0 Å². The fourth-order valence-electron chi connectivity index (χ4n) is 2.11. The fourth-order valence-corrected chi connectivity index (χ4v) is 2.11. The van der Waals surface area contributed by atoms with Gasteiger partial charge in [-0.25, -0.2) is 0 Å². The van der Waals surface area contributed by atoms with Crippen LogP contribution < -0.4 is 5.73 Å². The van der Waals surface area contributed by atoms with E-state index in [9.17, 15) is 4.79 Å². The van der Waals surface area contributed by atoms with Crippen LogP contribution in [-0.2, 0) is 4.79 Å². The van der Waals surface area contributed by atoms with Gasteiger partial charge in [0.25, 0.3) is 0 Å². The van der Waals surface area contributed by atoms with Gasteiger partial charge >= 0.3 is 0 Å². The standard InChI is InChI=1S/C10H19NO/c1-10(2,3)8-5-4-7(12)6-9(8)11/h8-9H,4-6,11H2,1-3H3. The minimum absolute atomic E-state index is 0.0891. The van der Waals surface area contributed by atoms with E-state index in [0.717, 1.165) is 12.8 Å². The second-order valence-electron chi connectivity index (χ2n) is 4.92. The van der Waals surface area contributed by atoms with E-state index in [1.807, 2.05) is 0 Å². The zero-order valence-corrected chi connectivity index (χ0v) is 8.26. The summed E-state index contributed by atoms with van der Waals surface area (Å²) in [7, 11) is 0. The number of hydrogen-bond acceptors (Lipinski definition) is 2. The van der Waals surface area contributed by atoms with Gasteiger partial charge in [0.1, 0.15) is 5.78 Å². The molecule has 2 unspecified atom stereocenters. The van der Waals surface area contributed by atoms with Crippen LogP contribution in [0.25, 0.3) is 0 Å². The summed E-state index contributed by atoms with van der Waals surface area (Å²) < 4.78 is 0. The summed E-state index contributed by atoms with van der Waals surface area (Å²) in [6.07, 6.45) is 2.29. The zero-order chi connectivity index (χ0) is 9.35. The lowest BCUT2D eigenvalue weighted by Gasteiger charge is -2.37. The molecule has 1 aliphatic carbocycles. The van der Waals surface area contributed by atoms with Gasteiger partial charge < -0.3 is 5.73 Å². The van der Waals surface area contributed by atoms with Crippen molar-refractivity contribution < 1.29 is 4.79 Å². The van der Waals surface area contributed by atoms with E-state index in [2.05, 4.69) is 20.8 Å². The van der Waals surface area contributed by atoms with Gasteiger partial charge in [-0.05, 0) is 17.8 Å². The third kappa shape index (κ3) is 2.07. The Morgan fingerprint density at radius 1 is 1.42 bits per heavy atom. The summed E-state index contributed by atoms with van der Waals surface area (Å²) >= 11 is 0. The predicted octanol–water partition coefficient (Wildman–Crippen LogP) is 1.73. The Morgan fingerprint density at radius 2 is 2.00 bits per heavy atom. The van der Waals surface area contributed by atoms with Crippen LogP contribution >= 0.6 is 0 Å². The van der Waals surface area contributed by atoms with Gasteiger partial charge in [-0.1, -0.05) is 20.8 Å². The van der Waals surface area contributed by atoms with Crippen LogP contribution in [0.2, 0.25) is 0 Å². The maximum absolute atomic E-state index is 11.1. The second-order valence-corrected chi connectivity index (χ2v) is 4.92. The molecule has 2 atom stereocenters. The van der Waals surface area contributed by atoms with Gasteiger partial charge in [0.2, 0.25) is 0 Å². The third-order valence-electron chi connectivity index (χ3n) is 2.83. The molecule has 70 valence electrons. The van der Waals surface area contributed by atoms with E-state index in [4.69, 9.17) is 5.73 Å². The molecule has 0 aromatic rings. The summed E-state index contributed by atoms with van der Waals surface area (Å²) in [5, 5.41) is 0. The van der Waals surface area contributed by atoms with Crippen molar-refractivity contribution in [2.75, 3.05) is 0 Å². The Morgan fingerprint density at radius 3 is 2.42 bits per heavy atom. The van der Waals surface area contributed by atoms with Gasteiger partial charge in [0.15, 0.2) is 0 Å². The molecule has 2 heteroatoms. The molecule has 2 nitrogen and oxygen atoms in total. The summed E-state index contributed by atoms with van der Waals surface area (Å²) in [5.74, 6) is 0.846. The molecule has 0 amide bonds. The molecule has 1 aliphatic rings. The lowest BCUT2D eigenvalue weighted by Crippen LogP contribution is -2.43. The van der Waals surface area contributed by atoms with Crippen LogP contribution in [0.15, 0.2) is 0 Å². The Hall–Kier alpha value is -0.370. The third-order valence-corrected chi connectivity index (χ3v) is 2.83. The van der Waals surface area contributed by atoms with Crippen LogP contribution in [0.4, 0.5) is 0 Å². The normalized spacial score (nSPS) is 32.2. The molecule has 0 saturated heterocycles. The maximum atomic E-state index is 11.1. The maximum Gasteiger partial charge on any atom is 0.134 e. The van der Waals surface area contributed by atoms with Crippen LogP contribution in [0.1, 0.15) is 40.0 Å². The monoisotopic (exact) mass is 169 g/mol. The number of carbonyl (C=O) groups excluding carboxylic acids is 1. The molecule has 1 fully saturated rings. The first kappa shape index (κ1) is 9.72. The molecule has 1 saturated carbocycles. The lowest BCUT2D eigenvalue weighted by atomic mass is 9.69. The topological polar surface area (TPSA) is 43.1 Å². The highest BCUT2D eigenvalue weighted by Crippen LogP contribution is 2.35. The van der Waals surface area contributed by atoms with E-state index in [1.54, 1.807) is 0 Å². The first-order chi connectivity index (χ1) is 5.41. The van der Waals surface area contributed by atoms with Crippen molar-refractivity contribution in [1.29, 1.82) is 0 Å². The molecule has 12 heavy (non-hydrogen) atoms. The van der Waals surface area contributed by atoms with E-state index in [1.165, 1.54) is 0 Å². The molecular weight excluding hydrogens is 150 g/mol. The summed E-state index contributed by atoms with van der Waals surface area (Å²) in [6, 6.07) is 0.0891. The molecule has 0 aliphatic heterocycles. The van der Waals surface area contributed by atoms with Gasteiger partial charge in [0, 0.05) is 18.9 Å². The smallest absolute Gasteiger partial charge is 0.134 e. The number of rotatable bonds is 0. The van der Waals surface area contributed by atoms with Crippen LogP contribution in [-0.4, -0.2) is 11.8 Å². The first-order valence-corrected chi connectivity index (χ1v) is 4.68. The molecular formula is C10H19NO. The molecule has 0 heterocycles. The van der Waals surface area contributed by atoms with Crippen LogP contribution in [0.5, 0.6) is 0 Å². The van der Waals surface area contributed by atoms with Crippen LogP contribution in [0, 0.1) is 11.3 Å². The first-order valence-electron chi connectivity index (χ1n) is 4.68. The summed E-state index contributed by atoms with van der Waals surface area (Å²) in [5.41, 5.74) is 6.18. The molecule has 0 bridgehead atoms. The molecule has 0 radical (unpaired) electrons. The SMILES string of the molecule is CC(C)(C)C1CCC(=O)CC1N. The number of Topliss-reactive ketones (excluding diaryl/α,β-unsaturated/α-hetero) is 1. The Bertz CT molecular complexity index is 181. The number of carbonyl (C=O) groups is 1. The van der Waals surface area contributed by atoms with E-state index >= 15 is 0 Å². The minimum Gasteiger partial charge on any atom is -0.327 e. The molecule has 0 spiro atoms. The molecule has 1 rings (SSSR count). The van der Waals surface area contributed by atoms with Gasteiger partial charge in [0.05, 0.1) is 0 Å². The van der Waals surface area contributed by atoms with E-state index in [-0.39, 0.29) is 11.5 Å². The van der Waals surface area contributed by atoms with Crippen LogP contribution in [0.3, 0.4) is 0 Å². The lowest BCUT2D eigenvalue weighted by molar-refractivity contribution is -0.122. The minimum atomic E-state index is 0.0891. The van der Waals surface area contributed by atoms with Gasteiger partial charge in [-0.3, -0.25) is 4.79 Å². The second kappa shape index (κ2) is 3.17. The average Bonchev–Trinajstić information content (AvgIpc) is 1.83. The molecule has 0 aromatic heterocycles. The molecule has 0 aromatic carbocycles. The van der Waals surface area contributed by atoms with Crippen molar-refractivity contribution in [2.45, 2.75) is 46.1 Å². The van der Waals surface area contributed by atoms with Crippen molar-refractivity contribution in [3.05, 3.63) is 0 Å². The van der Waals surface area contributed by atoms with Crippen molar-refractivity contribution in [2.24, 2.45) is 17.1 Å². The number of nitrogens with two attached hydrogens (primary N) is 1. The van der Waals surface area contributed by atoms with Crippen molar-refractivity contribution >= 4 is 5.78 Å². The fraction of sp³-hybridized carbons (Fsp3) is 0.900. The van der Waals surface area contributed by atoms with E-state index < -0.39 is 0 Å². The highest BCUT2D eigenvalue weighted by Gasteiger charge is 2.34. The van der Waals surface area contributed by atoms with E-state index in [0.29, 0.717) is 18.1 Å². The zero-order valence-electron chi connectivity index (χ0n) is 8.26. The van der Waals surface area contributed by atoms with Gasteiger partial charge in [-0.2, -0.15) is 0 Å². The number of ketones is 1. The molecule has 2 N–H and O–H groups in total. The number of hydrogen-bond donors (Lipinski definition) is 1. The highest BCUT2D eigenvalue weighted by atomic mass is 16.1. The quantitative estimate of drug-likeness (QED) is 0.600. The van der Waals surface area contributed by atoms with Crippen molar-refractivity contribution in [3.8, 4) is 0 Å². The Kier molecular flexibility index (Phi) is 2.57. The summed E-state index contributed by atoms with van der Waals surface area (Å²) in [4.78, 5) is 11.1. The van der Waals surface area contributed by atoms with Crippen molar-refractivity contribution in [3.63, 3.8) is 0 Å². The largest absolute Gasteiger partial charge is 0.327 e.